The smallest absolute Gasteiger partial charge is 0.257 e. The summed E-state index contributed by atoms with van der Waals surface area (Å²) in [4.78, 5) is 0. The van der Waals surface area contributed by atoms with Crippen molar-refractivity contribution in [3.05, 3.63) is 65.7 Å². The van der Waals surface area contributed by atoms with Crippen LogP contribution in [0.25, 0.3) is 32.9 Å². The molecular weight excluding hydrogens is 354 g/mol. The second kappa shape index (κ2) is 6.32. The number of para-hydroxylation sites is 1. The van der Waals surface area contributed by atoms with Crippen molar-refractivity contribution < 1.29 is 9.30 Å². The zero-order valence-corrected chi connectivity index (χ0v) is 17.2. The van der Waals surface area contributed by atoms with Gasteiger partial charge in [-0.1, -0.05) is 62.1 Å². The predicted molar refractivity (Wildman–Crippen MR) is 119 cm³/mol. The van der Waals surface area contributed by atoms with E-state index in [-0.39, 0.29) is 0 Å². The van der Waals surface area contributed by atoms with Crippen molar-refractivity contribution in [2.75, 3.05) is 0 Å². The van der Waals surface area contributed by atoms with Crippen LogP contribution in [0, 0.1) is 12.8 Å². The van der Waals surface area contributed by atoms with Gasteiger partial charge in [-0.2, -0.15) is 4.57 Å². The highest BCUT2D eigenvalue weighted by Gasteiger charge is 2.34. The van der Waals surface area contributed by atoms with Crippen molar-refractivity contribution in [3.8, 4) is 22.8 Å². The molecule has 1 saturated carbocycles. The Kier molecular flexibility index (Phi) is 3.71. The number of benzene rings is 3. The van der Waals surface area contributed by atoms with E-state index in [9.17, 15) is 0 Å². The number of aromatic nitrogens is 1. The number of ether oxygens (including phenoxy) is 1. The lowest BCUT2D eigenvalue weighted by molar-refractivity contribution is -0.633. The lowest BCUT2D eigenvalue weighted by atomic mass is 9.88. The first-order valence-corrected chi connectivity index (χ1v) is 10.9. The van der Waals surface area contributed by atoms with Crippen molar-refractivity contribution >= 4 is 21.7 Å². The van der Waals surface area contributed by atoms with E-state index in [2.05, 4.69) is 73.1 Å². The molecule has 2 nitrogen and oxygen atoms in total. The van der Waals surface area contributed by atoms with Gasteiger partial charge in [0.2, 0.25) is 11.3 Å². The SMILES string of the molecule is Cc1ccc2cccc3c2c1-c1c(c(CC2CCCC2)c2ccccc2[n+]1C)O3. The number of rotatable bonds is 2. The highest BCUT2D eigenvalue weighted by Crippen LogP contribution is 2.49. The number of pyridine rings is 1. The fourth-order valence-corrected chi connectivity index (χ4v) is 5.61. The second-order valence-corrected chi connectivity index (χ2v) is 8.80. The van der Waals surface area contributed by atoms with Gasteiger partial charge in [-0.3, -0.25) is 0 Å². The summed E-state index contributed by atoms with van der Waals surface area (Å²) in [6.45, 7) is 2.23. The molecule has 1 aliphatic carbocycles. The van der Waals surface area contributed by atoms with E-state index in [0.717, 1.165) is 23.8 Å². The van der Waals surface area contributed by atoms with Gasteiger partial charge in [0.1, 0.15) is 12.8 Å². The first-order chi connectivity index (χ1) is 14.2. The highest BCUT2D eigenvalue weighted by molar-refractivity contribution is 6.05. The zero-order valence-electron chi connectivity index (χ0n) is 17.2. The van der Waals surface area contributed by atoms with E-state index >= 15 is 0 Å². The molecule has 0 saturated heterocycles. The molecule has 1 aliphatic heterocycles. The van der Waals surface area contributed by atoms with Gasteiger partial charge < -0.3 is 4.74 Å². The van der Waals surface area contributed by atoms with E-state index in [1.54, 1.807) is 0 Å². The van der Waals surface area contributed by atoms with Crippen LogP contribution in [-0.4, -0.2) is 0 Å². The lowest BCUT2D eigenvalue weighted by Crippen LogP contribution is -2.34. The van der Waals surface area contributed by atoms with E-state index < -0.39 is 0 Å². The Labute approximate surface area is 171 Å². The molecule has 144 valence electrons. The van der Waals surface area contributed by atoms with E-state index in [1.807, 2.05) is 0 Å². The molecule has 0 bridgehead atoms. The molecule has 1 fully saturated rings. The van der Waals surface area contributed by atoms with Gasteiger partial charge in [0.25, 0.3) is 5.69 Å². The van der Waals surface area contributed by atoms with Crippen molar-refractivity contribution in [3.63, 3.8) is 0 Å². The maximum absolute atomic E-state index is 6.71. The summed E-state index contributed by atoms with van der Waals surface area (Å²) in [6, 6.07) is 19.7. The van der Waals surface area contributed by atoms with Crippen LogP contribution in [0.5, 0.6) is 11.5 Å². The number of nitrogens with zero attached hydrogens (tertiary/aromatic N) is 1. The highest BCUT2D eigenvalue weighted by atomic mass is 16.5. The maximum atomic E-state index is 6.71. The summed E-state index contributed by atoms with van der Waals surface area (Å²) in [6.07, 6.45) is 6.53. The van der Waals surface area contributed by atoms with Gasteiger partial charge in [-0.15, -0.1) is 0 Å². The van der Waals surface area contributed by atoms with Crippen LogP contribution in [0.3, 0.4) is 0 Å². The fourth-order valence-electron chi connectivity index (χ4n) is 5.61. The molecule has 6 rings (SSSR count). The van der Waals surface area contributed by atoms with E-state index in [0.29, 0.717) is 0 Å². The largest absolute Gasteiger partial charge is 0.449 e. The van der Waals surface area contributed by atoms with Crippen molar-refractivity contribution in [2.45, 2.75) is 39.0 Å². The number of hydrogen-bond donors (Lipinski definition) is 0. The average Bonchev–Trinajstić information content (AvgIpc) is 3.26. The minimum atomic E-state index is 0.771. The minimum Gasteiger partial charge on any atom is -0.449 e. The second-order valence-electron chi connectivity index (χ2n) is 8.80. The predicted octanol–water partition coefficient (Wildman–Crippen LogP) is 6.63. The summed E-state index contributed by atoms with van der Waals surface area (Å²) in [5, 5.41) is 3.84. The van der Waals surface area contributed by atoms with Gasteiger partial charge in [-0.05, 0) is 42.3 Å². The quantitative estimate of drug-likeness (QED) is 0.313. The van der Waals surface area contributed by atoms with Crippen molar-refractivity contribution in [1.29, 1.82) is 0 Å². The summed E-state index contributed by atoms with van der Waals surface area (Å²) >= 11 is 0. The van der Waals surface area contributed by atoms with Crippen LogP contribution >= 0.6 is 0 Å². The molecule has 2 aliphatic rings. The van der Waals surface area contributed by atoms with Crippen LogP contribution in [0.2, 0.25) is 0 Å². The van der Waals surface area contributed by atoms with Crippen LogP contribution in [0.15, 0.2) is 54.6 Å². The Balaban J connectivity index is 1.73. The Morgan fingerprint density at radius 1 is 0.966 bits per heavy atom. The van der Waals surface area contributed by atoms with Gasteiger partial charge in [0, 0.05) is 17.0 Å². The van der Waals surface area contributed by atoms with E-state index in [1.165, 1.54) is 69.7 Å². The molecule has 0 radical (unpaired) electrons. The third kappa shape index (κ3) is 2.45. The Hall–Kier alpha value is -2.87. The molecule has 29 heavy (non-hydrogen) atoms. The molecule has 0 atom stereocenters. The molecule has 2 heteroatoms. The Bertz CT molecular complexity index is 1280. The average molecular weight is 381 g/mol. The molecule has 0 spiro atoms. The van der Waals surface area contributed by atoms with Crippen LogP contribution < -0.4 is 9.30 Å². The van der Waals surface area contributed by atoms with Crippen LogP contribution in [-0.2, 0) is 13.5 Å². The number of fused-ring (bicyclic) bond motifs is 3. The third-order valence-electron chi connectivity index (χ3n) is 7.05. The molecule has 1 aromatic heterocycles. The topological polar surface area (TPSA) is 13.1 Å². The molecule has 3 aromatic carbocycles. The third-order valence-corrected chi connectivity index (χ3v) is 7.05. The molecular formula is C27H26NO+. The lowest BCUT2D eigenvalue weighted by Gasteiger charge is -2.24. The summed E-state index contributed by atoms with van der Waals surface area (Å²) < 4.78 is 9.06. The van der Waals surface area contributed by atoms with Gasteiger partial charge in [0.15, 0.2) is 0 Å². The van der Waals surface area contributed by atoms with E-state index in [4.69, 9.17) is 4.74 Å². The Morgan fingerprint density at radius 3 is 2.66 bits per heavy atom. The normalized spacial score (nSPS) is 15.7. The molecule has 0 unspecified atom stereocenters. The monoisotopic (exact) mass is 380 g/mol. The van der Waals surface area contributed by atoms with Gasteiger partial charge in [-0.25, -0.2) is 0 Å². The first-order valence-electron chi connectivity index (χ1n) is 10.9. The van der Waals surface area contributed by atoms with Crippen LogP contribution in [0.4, 0.5) is 0 Å². The summed E-state index contributed by atoms with van der Waals surface area (Å²) in [5.41, 5.74) is 6.57. The molecule has 4 aromatic rings. The molecule has 0 N–H and O–H groups in total. The first kappa shape index (κ1) is 17.0. The number of aryl methyl sites for hydroxylation is 2. The van der Waals surface area contributed by atoms with Gasteiger partial charge >= 0.3 is 0 Å². The molecule has 2 heterocycles. The summed E-state index contributed by atoms with van der Waals surface area (Å²) in [5.74, 6) is 2.84. The van der Waals surface area contributed by atoms with Crippen molar-refractivity contribution in [1.82, 2.24) is 0 Å². The van der Waals surface area contributed by atoms with Crippen molar-refractivity contribution in [2.24, 2.45) is 13.0 Å². The Morgan fingerprint density at radius 2 is 1.79 bits per heavy atom. The van der Waals surface area contributed by atoms with Crippen LogP contribution in [0.1, 0.15) is 36.8 Å². The minimum absolute atomic E-state index is 0.771. The zero-order chi connectivity index (χ0) is 19.5. The fraction of sp³-hybridized carbons (Fsp3) is 0.296. The van der Waals surface area contributed by atoms with Gasteiger partial charge in [0.05, 0.1) is 10.9 Å². The maximum Gasteiger partial charge on any atom is 0.257 e. The standard InChI is InChI=1S/C27H26NO/c1-17-14-15-19-10-7-13-23-25(19)24(17)26-27(29-23)21(16-18-8-3-4-9-18)20-11-5-6-12-22(20)28(26)2/h5-7,10-15,18H,3-4,8-9,16H2,1-2H3/q+1. The molecule has 0 amide bonds. The summed E-state index contributed by atoms with van der Waals surface area (Å²) in [7, 11) is 2.19. The number of hydrogen-bond acceptors (Lipinski definition) is 1.